The average Bonchev–Trinajstić information content (AvgIpc) is 2.20. The van der Waals surface area contributed by atoms with Crippen molar-refractivity contribution in [3.63, 3.8) is 0 Å². The molecular weight excluding hydrogens is 124 g/mol. The van der Waals surface area contributed by atoms with E-state index in [2.05, 4.69) is 13.8 Å². The lowest BCUT2D eigenvalue weighted by molar-refractivity contribution is -0.107. The van der Waals surface area contributed by atoms with Crippen molar-refractivity contribution in [2.75, 3.05) is 0 Å². The fourth-order valence-electron chi connectivity index (χ4n) is 1.52. The number of hydrogen-bond acceptors (Lipinski definition) is 1. The van der Waals surface area contributed by atoms with Crippen LogP contribution in [0.5, 0.6) is 0 Å². The summed E-state index contributed by atoms with van der Waals surface area (Å²) in [7, 11) is 0. The van der Waals surface area contributed by atoms with E-state index in [4.69, 9.17) is 0 Å². The Morgan fingerprint density at radius 2 is 2.40 bits per heavy atom. The molecular formula is C9H14O. The smallest absolute Gasteiger partial charge is 0.124 e. The van der Waals surface area contributed by atoms with Gasteiger partial charge in [0.2, 0.25) is 0 Å². The second kappa shape index (κ2) is 3.00. The molecule has 1 atom stereocenters. The van der Waals surface area contributed by atoms with Crippen LogP contribution in [-0.4, -0.2) is 6.29 Å². The number of carbonyl (C=O) groups excluding carboxylic acids is 1. The van der Waals surface area contributed by atoms with Crippen LogP contribution in [0.25, 0.3) is 0 Å². The molecule has 1 rings (SSSR count). The maximum absolute atomic E-state index is 10.2. The fraction of sp³-hybridized carbons (Fsp3) is 0.667. The van der Waals surface area contributed by atoms with E-state index in [0.717, 1.165) is 18.6 Å². The van der Waals surface area contributed by atoms with E-state index in [-0.39, 0.29) is 0 Å². The van der Waals surface area contributed by atoms with Gasteiger partial charge >= 0.3 is 0 Å². The van der Waals surface area contributed by atoms with Gasteiger partial charge < -0.3 is 4.79 Å². The van der Waals surface area contributed by atoms with E-state index in [9.17, 15) is 4.79 Å². The minimum Gasteiger partial charge on any atom is -0.303 e. The molecule has 1 aliphatic rings. The van der Waals surface area contributed by atoms with Crippen molar-refractivity contribution >= 4 is 6.29 Å². The molecule has 0 aromatic rings. The third kappa shape index (κ3) is 1.28. The summed E-state index contributed by atoms with van der Waals surface area (Å²) in [5.41, 5.74) is 2.83. The van der Waals surface area contributed by atoms with Crippen molar-refractivity contribution in [3.05, 3.63) is 11.1 Å². The van der Waals surface area contributed by atoms with Crippen molar-refractivity contribution < 1.29 is 4.79 Å². The Hall–Kier alpha value is -0.590. The first-order valence-corrected chi connectivity index (χ1v) is 3.88. The molecule has 1 unspecified atom stereocenters. The zero-order chi connectivity index (χ0) is 7.56. The molecule has 0 spiro atoms. The second-order valence-corrected chi connectivity index (χ2v) is 3.10. The third-order valence-corrected chi connectivity index (χ3v) is 2.51. The molecule has 0 saturated carbocycles. The van der Waals surface area contributed by atoms with Crippen LogP contribution in [0.4, 0.5) is 0 Å². The van der Waals surface area contributed by atoms with Crippen LogP contribution in [0.2, 0.25) is 0 Å². The van der Waals surface area contributed by atoms with Crippen LogP contribution < -0.4 is 0 Å². The molecule has 0 N–H and O–H groups in total. The molecule has 0 aliphatic heterocycles. The summed E-state index contributed by atoms with van der Waals surface area (Å²) in [4.78, 5) is 10.2. The topological polar surface area (TPSA) is 17.1 Å². The Morgan fingerprint density at radius 1 is 1.70 bits per heavy atom. The van der Waals surface area contributed by atoms with Gasteiger partial charge in [0.25, 0.3) is 0 Å². The van der Waals surface area contributed by atoms with Gasteiger partial charge in [-0.3, -0.25) is 0 Å². The lowest BCUT2D eigenvalue weighted by atomic mass is 10.0. The third-order valence-electron chi connectivity index (χ3n) is 2.51. The van der Waals surface area contributed by atoms with Crippen LogP contribution in [0.1, 0.15) is 33.1 Å². The first kappa shape index (κ1) is 7.52. The van der Waals surface area contributed by atoms with Gasteiger partial charge in [-0.15, -0.1) is 0 Å². The van der Waals surface area contributed by atoms with Crippen molar-refractivity contribution in [1.82, 2.24) is 0 Å². The second-order valence-electron chi connectivity index (χ2n) is 3.10. The van der Waals surface area contributed by atoms with Crippen LogP contribution in [0.3, 0.4) is 0 Å². The molecule has 0 bridgehead atoms. The molecule has 0 aromatic heterocycles. The number of carbonyl (C=O) groups is 1. The highest BCUT2D eigenvalue weighted by Gasteiger charge is 2.16. The zero-order valence-corrected chi connectivity index (χ0v) is 6.68. The van der Waals surface area contributed by atoms with Crippen molar-refractivity contribution in [1.29, 1.82) is 0 Å². The molecule has 0 aromatic carbocycles. The Bertz CT molecular complexity index is 168. The number of aldehydes is 1. The van der Waals surface area contributed by atoms with Gasteiger partial charge in [-0.1, -0.05) is 18.1 Å². The Balaban J connectivity index is 2.64. The van der Waals surface area contributed by atoms with Crippen molar-refractivity contribution in [3.8, 4) is 0 Å². The zero-order valence-electron chi connectivity index (χ0n) is 6.68. The number of hydrogen-bond donors (Lipinski definition) is 0. The summed E-state index contributed by atoms with van der Waals surface area (Å²) in [6.45, 7) is 4.38. The van der Waals surface area contributed by atoms with Gasteiger partial charge in [0, 0.05) is 6.42 Å². The largest absolute Gasteiger partial charge is 0.303 e. The van der Waals surface area contributed by atoms with E-state index >= 15 is 0 Å². The lowest BCUT2D eigenvalue weighted by Gasteiger charge is -2.01. The minimum atomic E-state index is 0.663. The molecule has 56 valence electrons. The molecule has 1 heteroatoms. The highest BCUT2D eigenvalue weighted by atomic mass is 16.1. The number of rotatable bonds is 2. The number of allylic oxidation sites excluding steroid dienone is 2. The fourth-order valence-corrected chi connectivity index (χ4v) is 1.52. The first-order valence-electron chi connectivity index (χ1n) is 3.88. The normalized spacial score (nSPS) is 25.6. The Labute approximate surface area is 62.1 Å². The Morgan fingerprint density at radius 3 is 2.80 bits per heavy atom. The summed E-state index contributed by atoms with van der Waals surface area (Å²) >= 11 is 0. The van der Waals surface area contributed by atoms with Gasteiger partial charge in [-0.25, -0.2) is 0 Å². The molecule has 0 saturated heterocycles. The lowest BCUT2D eigenvalue weighted by Crippen LogP contribution is -1.87. The van der Waals surface area contributed by atoms with E-state index in [1.165, 1.54) is 17.6 Å². The molecule has 1 aliphatic carbocycles. The average molecular weight is 138 g/mol. The SMILES string of the molecule is CC1=C(CC=O)CCC1C. The van der Waals surface area contributed by atoms with Gasteiger partial charge in [0.05, 0.1) is 0 Å². The van der Waals surface area contributed by atoms with Gasteiger partial charge in [0.15, 0.2) is 0 Å². The van der Waals surface area contributed by atoms with Crippen LogP contribution in [0.15, 0.2) is 11.1 Å². The minimum absolute atomic E-state index is 0.663. The monoisotopic (exact) mass is 138 g/mol. The molecule has 0 amide bonds. The quantitative estimate of drug-likeness (QED) is 0.423. The summed E-state index contributed by atoms with van der Waals surface area (Å²) in [6, 6.07) is 0. The summed E-state index contributed by atoms with van der Waals surface area (Å²) in [5, 5.41) is 0. The van der Waals surface area contributed by atoms with Gasteiger partial charge in [-0.2, -0.15) is 0 Å². The highest BCUT2D eigenvalue weighted by molar-refractivity contribution is 5.55. The molecule has 0 fully saturated rings. The maximum atomic E-state index is 10.2. The molecule has 0 heterocycles. The molecule has 10 heavy (non-hydrogen) atoms. The van der Waals surface area contributed by atoms with Crippen molar-refractivity contribution in [2.45, 2.75) is 33.1 Å². The van der Waals surface area contributed by atoms with Crippen molar-refractivity contribution in [2.24, 2.45) is 5.92 Å². The first-order chi connectivity index (χ1) is 4.75. The summed E-state index contributed by atoms with van der Waals surface area (Å²) < 4.78 is 0. The van der Waals surface area contributed by atoms with E-state index < -0.39 is 0 Å². The van der Waals surface area contributed by atoms with Crippen LogP contribution in [0, 0.1) is 5.92 Å². The summed E-state index contributed by atoms with van der Waals surface area (Å²) in [6.07, 6.45) is 4.06. The highest BCUT2D eigenvalue weighted by Crippen LogP contribution is 2.32. The van der Waals surface area contributed by atoms with Crippen LogP contribution >= 0.6 is 0 Å². The van der Waals surface area contributed by atoms with Gasteiger partial charge in [-0.05, 0) is 25.7 Å². The van der Waals surface area contributed by atoms with E-state index in [1.807, 2.05) is 0 Å². The molecule has 0 radical (unpaired) electrons. The molecule has 1 nitrogen and oxygen atoms in total. The maximum Gasteiger partial charge on any atom is 0.124 e. The summed E-state index contributed by atoms with van der Waals surface area (Å²) in [5.74, 6) is 0.718. The van der Waals surface area contributed by atoms with Crippen LogP contribution in [-0.2, 0) is 4.79 Å². The van der Waals surface area contributed by atoms with Gasteiger partial charge in [0.1, 0.15) is 6.29 Å². The predicted molar refractivity (Wildman–Crippen MR) is 41.8 cm³/mol. The predicted octanol–water partition coefficient (Wildman–Crippen LogP) is 2.32. The Kier molecular flexibility index (Phi) is 2.25. The standard InChI is InChI=1S/C9H14O/c1-7-3-4-9(5-6-10)8(7)2/h6-7H,3-5H2,1-2H3. The van der Waals surface area contributed by atoms with E-state index in [1.54, 1.807) is 0 Å². The van der Waals surface area contributed by atoms with E-state index in [0.29, 0.717) is 6.42 Å².